The van der Waals surface area contributed by atoms with Gasteiger partial charge in [0.05, 0.1) is 18.2 Å². The van der Waals surface area contributed by atoms with E-state index in [1.165, 1.54) is 7.11 Å². The number of methoxy groups -OCH3 is 1. The molecule has 1 aliphatic heterocycles. The largest absolute Gasteiger partial charge is 0.497 e. The Morgan fingerprint density at radius 3 is 2.70 bits per heavy atom. The first-order valence-electron chi connectivity index (χ1n) is 13.1. The van der Waals surface area contributed by atoms with Gasteiger partial charge in [-0.1, -0.05) is 12.1 Å². The lowest BCUT2D eigenvalue weighted by atomic mass is 9.97. The van der Waals surface area contributed by atoms with Gasteiger partial charge in [-0.3, -0.25) is 14.7 Å². The topological polar surface area (TPSA) is 63.7 Å². The van der Waals surface area contributed by atoms with Crippen LogP contribution in [-0.4, -0.2) is 49.1 Å². The highest BCUT2D eigenvalue weighted by Gasteiger charge is 2.47. The van der Waals surface area contributed by atoms with Gasteiger partial charge in [0.25, 0.3) is 5.91 Å². The fourth-order valence-corrected chi connectivity index (χ4v) is 4.21. The van der Waals surface area contributed by atoms with Crippen LogP contribution < -0.4 is 14.8 Å². The van der Waals surface area contributed by atoms with E-state index < -0.39 is 24.2 Å². The Kier molecular flexibility index (Phi) is 4.39. The lowest BCUT2D eigenvalue weighted by Crippen LogP contribution is -2.48. The van der Waals surface area contributed by atoms with Gasteiger partial charge in [-0.15, -0.1) is 0 Å². The average Bonchev–Trinajstić information content (AvgIpc) is 3.20. The van der Waals surface area contributed by atoms with Crippen LogP contribution in [-0.2, 0) is 5.54 Å². The van der Waals surface area contributed by atoms with Gasteiger partial charge >= 0.3 is 0 Å². The number of aryl methyl sites for hydroxylation is 2. The predicted molar refractivity (Wildman–Crippen MR) is 129 cm³/mol. The van der Waals surface area contributed by atoms with Crippen molar-refractivity contribution in [2.45, 2.75) is 44.6 Å². The molecule has 0 spiro atoms. The minimum absolute atomic E-state index is 0.288. The third-order valence-corrected chi connectivity index (χ3v) is 6.57. The summed E-state index contributed by atoms with van der Waals surface area (Å²) in [6.07, 6.45) is -3.70. The van der Waals surface area contributed by atoms with Gasteiger partial charge in [-0.05, 0) is 82.0 Å². The fourth-order valence-electron chi connectivity index (χ4n) is 4.21. The van der Waals surface area contributed by atoms with Crippen molar-refractivity contribution >= 4 is 16.8 Å². The molecule has 0 unspecified atom stereocenters. The average molecular weight is 450 g/mol. The molecule has 1 N–H and O–H groups in total. The molecule has 6 heteroatoms. The van der Waals surface area contributed by atoms with E-state index in [2.05, 4.69) is 15.2 Å². The predicted octanol–water partition coefficient (Wildman–Crippen LogP) is 4.36. The number of nitrogens with one attached hydrogen (secondary N) is 1. The van der Waals surface area contributed by atoms with Gasteiger partial charge in [0, 0.05) is 34.2 Å². The molecule has 172 valence electrons. The molecular weight excluding hydrogens is 414 g/mol. The summed E-state index contributed by atoms with van der Waals surface area (Å²) < 4.78 is 45.9. The van der Waals surface area contributed by atoms with Gasteiger partial charge in [0.1, 0.15) is 18.1 Å². The number of likely N-dealkylation sites (N-methyl/N-ethyl adjacent to an activating group) is 1. The lowest BCUT2D eigenvalue weighted by molar-refractivity contribution is 0.0767. The molecule has 0 radical (unpaired) electrons. The summed E-state index contributed by atoms with van der Waals surface area (Å²) in [6, 6.07) is 12.4. The first-order valence-corrected chi connectivity index (χ1v) is 11.1. The van der Waals surface area contributed by atoms with Crippen LogP contribution in [0, 0.1) is 13.8 Å². The summed E-state index contributed by atoms with van der Waals surface area (Å²) in [7, 11) is 3.53. The van der Waals surface area contributed by atoms with Crippen LogP contribution in [0.25, 0.3) is 10.9 Å². The zero-order chi connectivity index (χ0) is 26.8. The van der Waals surface area contributed by atoms with E-state index in [-0.39, 0.29) is 5.56 Å². The van der Waals surface area contributed by atoms with E-state index in [4.69, 9.17) is 15.0 Å². The molecule has 1 atom stereocenters. The normalized spacial score (nSPS) is 23.9. The summed E-state index contributed by atoms with van der Waals surface area (Å²) in [6.45, 7) is 5.18. The number of likely N-dealkylation sites (tertiary alicyclic amines) is 1. The van der Waals surface area contributed by atoms with E-state index in [1.807, 2.05) is 14.0 Å². The van der Waals surface area contributed by atoms with Crippen LogP contribution in [0.3, 0.4) is 0 Å². The maximum Gasteiger partial charge on any atom is 0.252 e. The molecule has 1 amide bonds. The Morgan fingerprint density at radius 2 is 2.03 bits per heavy atom. The van der Waals surface area contributed by atoms with Crippen molar-refractivity contribution < 1.29 is 19.8 Å². The van der Waals surface area contributed by atoms with Crippen molar-refractivity contribution in [3.8, 4) is 11.5 Å². The van der Waals surface area contributed by atoms with Crippen LogP contribution in [0.1, 0.15) is 51.8 Å². The second-order valence-corrected chi connectivity index (χ2v) is 8.86. The van der Waals surface area contributed by atoms with E-state index >= 15 is 0 Å². The zero-order valence-electron chi connectivity index (χ0n) is 23.4. The van der Waals surface area contributed by atoms with E-state index in [9.17, 15) is 4.79 Å². The number of amides is 1. The Morgan fingerprint density at radius 1 is 1.21 bits per heavy atom. The smallest absolute Gasteiger partial charge is 0.252 e. The number of benzene rings is 2. The monoisotopic (exact) mass is 449 g/mol. The molecule has 2 aliphatic rings. The highest BCUT2D eigenvalue weighted by atomic mass is 16.5. The van der Waals surface area contributed by atoms with Crippen LogP contribution in [0.15, 0.2) is 42.5 Å². The van der Waals surface area contributed by atoms with E-state index in [0.29, 0.717) is 46.2 Å². The Balaban J connectivity index is 1.54. The van der Waals surface area contributed by atoms with Crippen LogP contribution in [0.4, 0.5) is 0 Å². The molecule has 5 rings (SSSR count). The van der Waals surface area contributed by atoms with Gasteiger partial charge in [0.2, 0.25) is 0 Å². The molecule has 1 aromatic heterocycles. The number of ether oxygens (including phenoxy) is 2. The molecule has 0 bridgehead atoms. The lowest BCUT2D eigenvalue weighted by Gasteiger charge is -2.37. The van der Waals surface area contributed by atoms with Crippen LogP contribution >= 0.6 is 0 Å². The maximum atomic E-state index is 13.7. The van der Waals surface area contributed by atoms with Gasteiger partial charge in [0.15, 0.2) is 0 Å². The SMILES string of the molecule is [2H]C1([2H])C([2H])([2H])C1(NC(=O)c1cc(OC[C@@H]2CCN2C)ccc1C)c1cc(OC)cc2nc(C)ccc12. The summed E-state index contributed by atoms with van der Waals surface area (Å²) in [5.74, 6) is 0.365. The molecular formula is C27H31N3O3. The molecule has 2 aromatic carbocycles. The maximum absolute atomic E-state index is 13.7. The van der Waals surface area contributed by atoms with Crippen molar-refractivity contribution in [2.75, 3.05) is 27.3 Å². The molecule has 6 nitrogen and oxygen atoms in total. The number of carbonyl (C=O) groups is 1. The van der Waals surface area contributed by atoms with Crippen LogP contribution in [0.2, 0.25) is 0 Å². The summed E-state index contributed by atoms with van der Waals surface area (Å²) in [4.78, 5) is 20.4. The molecule has 3 aromatic rings. The van der Waals surface area contributed by atoms with E-state index in [0.717, 1.165) is 18.7 Å². The fraction of sp³-hybridized carbons (Fsp3) is 0.407. The van der Waals surface area contributed by atoms with Gasteiger partial charge in [-0.2, -0.15) is 0 Å². The molecule has 1 aliphatic carbocycles. The molecule has 2 heterocycles. The summed E-state index contributed by atoms with van der Waals surface area (Å²) in [5.41, 5.74) is 0.615. The van der Waals surface area contributed by atoms with Crippen molar-refractivity contribution in [1.82, 2.24) is 15.2 Å². The summed E-state index contributed by atoms with van der Waals surface area (Å²) in [5, 5.41) is 3.32. The van der Waals surface area contributed by atoms with Crippen molar-refractivity contribution in [1.29, 1.82) is 0 Å². The van der Waals surface area contributed by atoms with Crippen molar-refractivity contribution in [3.05, 3.63) is 64.8 Å². The second-order valence-electron chi connectivity index (χ2n) is 8.86. The standard InChI is InChI=1S/C27H31N3O3/c1-17-5-7-20(33-16-19-9-12-30(19)3)13-23(17)26(31)29-27(10-11-27)24-14-21(32-4)15-25-22(24)8-6-18(2)28-25/h5-8,13-15,19H,9-12,16H2,1-4H3,(H,29,31)/t19-/m0/s1/i10D2,11D2. The summed E-state index contributed by atoms with van der Waals surface area (Å²) >= 11 is 0. The first kappa shape index (κ1) is 17.4. The first-order chi connectivity index (χ1) is 17.4. The number of hydrogen-bond donors (Lipinski definition) is 1. The molecule has 1 saturated carbocycles. The Bertz CT molecular complexity index is 1380. The highest BCUT2D eigenvalue weighted by Crippen LogP contribution is 2.49. The number of hydrogen-bond acceptors (Lipinski definition) is 5. The number of aromatic nitrogens is 1. The van der Waals surface area contributed by atoms with Gasteiger partial charge < -0.3 is 14.8 Å². The number of nitrogens with zero attached hydrogens (tertiary/aromatic N) is 2. The highest BCUT2D eigenvalue weighted by molar-refractivity contribution is 5.97. The number of fused-ring (bicyclic) bond motifs is 1. The Labute approximate surface area is 200 Å². The third-order valence-electron chi connectivity index (χ3n) is 6.57. The quantitative estimate of drug-likeness (QED) is 0.581. The Hall–Kier alpha value is -3.12. The zero-order valence-corrected chi connectivity index (χ0v) is 19.4. The third kappa shape index (κ3) is 4.15. The molecule has 33 heavy (non-hydrogen) atoms. The van der Waals surface area contributed by atoms with Crippen LogP contribution in [0.5, 0.6) is 11.5 Å². The molecule has 1 saturated heterocycles. The number of carbonyl (C=O) groups excluding carboxylic acids is 1. The van der Waals surface area contributed by atoms with Crippen molar-refractivity contribution in [3.63, 3.8) is 0 Å². The second kappa shape index (κ2) is 8.34. The molecule has 2 fully saturated rings. The van der Waals surface area contributed by atoms with E-state index in [1.54, 1.807) is 49.4 Å². The minimum Gasteiger partial charge on any atom is -0.497 e. The van der Waals surface area contributed by atoms with Crippen molar-refractivity contribution in [2.24, 2.45) is 0 Å². The number of pyridine rings is 1. The van der Waals surface area contributed by atoms with Gasteiger partial charge in [-0.25, -0.2) is 0 Å². The number of rotatable bonds is 7. The minimum atomic E-state index is -2.38.